The summed E-state index contributed by atoms with van der Waals surface area (Å²) in [5, 5.41) is 3.85. The molecule has 1 amide bonds. The molecule has 0 unspecified atom stereocenters. The highest BCUT2D eigenvalue weighted by molar-refractivity contribution is 7.99. The predicted molar refractivity (Wildman–Crippen MR) is 143 cm³/mol. The number of amides is 1. The summed E-state index contributed by atoms with van der Waals surface area (Å²) in [5.41, 5.74) is 2.31. The first-order valence-corrected chi connectivity index (χ1v) is 14.8. The molecule has 4 aromatic rings. The van der Waals surface area contributed by atoms with E-state index in [2.05, 4.69) is 20.0 Å². The van der Waals surface area contributed by atoms with Crippen molar-refractivity contribution in [3.05, 3.63) is 81.0 Å². The number of thioether (sulfide) groups is 1. The number of H-pyrrole nitrogens is 1. The Labute approximate surface area is 216 Å². The average molecular weight is 541 g/mol. The molecule has 0 spiro atoms. The zero-order chi connectivity index (χ0) is 25.1. The van der Waals surface area contributed by atoms with Gasteiger partial charge in [0.1, 0.15) is 4.83 Å². The number of hydrogen-bond donors (Lipinski definition) is 3. The number of benzene rings is 2. The molecule has 11 heteroatoms. The first kappa shape index (κ1) is 24.7. The molecule has 0 radical (unpaired) electrons. The van der Waals surface area contributed by atoms with E-state index in [1.54, 1.807) is 23.5 Å². The fraction of sp³-hybridized carbons (Fsp3) is 0.240. The minimum absolute atomic E-state index is 0.0538. The Morgan fingerprint density at radius 1 is 1.06 bits per heavy atom. The van der Waals surface area contributed by atoms with Gasteiger partial charge >= 0.3 is 0 Å². The summed E-state index contributed by atoms with van der Waals surface area (Å²) >= 11 is 2.73. The second-order valence-electron chi connectivity index (χ2n) is 8.43. The van der Waals surface area contributed by atoms with E-state index in [9.17, 15) is 18.0 Å². The Kier molecular flexibility index (Phi) is 7.24. The average Bonchev–Trinajstić information content (AvgIpc) is 3.26. The minimum Gasteiger partial charge on any atom is -0.325 e. The van der Waals surface area contributed by atoms with Gasteiger partial charge in [0, 0.05) is 17.1 Å². The Bertz CT molecular complexity index is 1560. The fourth-order valence-electron chi connectivity index (χ4n) is 4.12. The molecule has 36 heavy (non-hydrogen) atoms. The normalized spacial score (nSPS) is 13.4. The van der Waals surface area contributed by atoms with Crippen LogP contribution >= 0.6 is 23.1 Å². The third kappa shape index (κ3) is 5.54. The zero-order valence-corrected chi connectivity index (χ0v) is 21.7. The molecule has 0 aliphatic heterocycles. The SMILES string of the molecule is O=C(CSc1nc2sc3c(c2c(=O)[nH]1)CCCC3)Nc1ccc(S(=O)(=O)NCc2ccccc2)cc1. The minimum atomic E-state index is -3.68. The van der Waals surface area contributed by atoms with Gasteiger partial charge in [-0.25, -0.2) is 18.1 Å². The van der Waals surface area contributed by atoms with Gasteiger partial charge in [0.15, 0.2) is 5.16 Å². The number of carbonyl (C=O) groups is 1. The first-order chi connectivity index (χ1) is 17.4. The summed E-state index contributed by atoms with van der Waals surface area (Å²) in [6.45, 7) is 0.189. The Morgan fingerprint density at radius 3 is 2.58 bits per heavy atom. The number of aromatic nitrogens is 2. The number of fused-ring (bicyclic) bond motifs is 3. The fourth-order valence-corrected chi connectivity index (χ4v) is 7.12. The molecule has 0 saturated heterocycles. The van der Waals surface area contributed by atoms with E-state index in [0.717, 1.165) is 53.4 Å². The number of nitrogens with one attached hydrogen (secondary N) is 3. The largest absolute Gasteiger partial charge is 0.325 e. The number of aryl methyl sites for hydroxylation is 2. The summed E-state index contributed by atoms with van der Waals surface area (Å²) in [6, 6.07) is 15.2. The van der Waals surface area contributed by atoms with Crippen LogP contribution < -0.4 is 15.6 Å². The number of hydrogen-bond acceptors (Lipinski definition) is 7. The molecule has 186 valence electrons. The molecule has 5 rings (SSSR count). The van der Waals surface area contributed by atoms with Crippen molar-refractivity contribution in [3.63, 3.8) is 0 Å². The first-order valence-electron chi connectivity index (χ1n) is 11.5. The maximum atomic E-state index is 12.7. The number of nitrogens with zero attached hydrogens (tertiary/aromatic N) is 1. The molecule has 8 nitrogen and oxygen atoms in total. The van der Waals surface area contributed by atoms with E-state index in [1.807, 2.05) is 30.3 Å². The summed E-state index contributed by atoms with van der Waals surface area (Å²) in [4.78, 5) is 34.6. The molecule has 1 aliphatic rings. The van der Waals surface area contributed by atoms with Gasteiger partial charge < -0.3 is 10.3 Å². The molecule has 0 fully saturated rings. The Balaban J connectivity index is 1.18. The molecule has 2 heterocycles. The number of thiophene rings is 1. The van der Waals surface area contributed by atoms with Crippen molar-refractivity contribution < 1.29 is 13.2 Å². The third-order valence-corrected chi connectivity index (χ3v) is 9.38. The highest BCUT2D eigenvalue weighted by Gasteiger charge is 2.20. The van der Waals surface area contributed by atoms with E-state index >= 15 is 0 Å². The quantitative estimate of drug-likeness (QED) is 0.229. The van der Waals surface area contributed by atoms with Crippen molar-refractivity contribution in [1.82, 2.24) is 14.7 Å². The lowest BCUT2D eigenvalue weighted by molar-refractivity contribution is -0.113. The van der Waals surface area contributed by atoms with Crippen molar-refractivity contribution >= 4 is 54.9 Å². The lowest BCUT2D eigenvalue weighted by Crippen LogP contribution is -2.23. The van der Waals surface area contributed by atoms with Crippen LogP contribution in [0.5, 0.6) is 0 Å². The third-order valence-electron chi connectivity index (χ3n) is 5.90. The second-order valence-corrected chi connectivity index (χ2v) is 12.2. The van der Waals surface area contributed by atoms with Crippen LogP contribution in [-0.2, 0) is 34.2 Å². The van der Waals surface area contributed by atoms with Gasteiger partial charge in [-0.3, -0.25) is 9.59 Å². The number of rotatable bonds is 8. The zero-order valence-electron chi connectivity index (χ0n) is 19.2. The number of carbonyl (C=O) groups excluding carboxylic acids is 1. The smallest absolute Gasteiger partial charge is 0.260 e. The van der Waals surface area contributed by atoms with Crippen LogP contribution in [0.3, 0.4) is 0 Å². The van der Waals surface area contributed by atoms with Gasteiger partial charge in [-0.1, -0.05) is 42.1 Å². The maximum Gasteiger partial charge on any atom is 0.260 e. The van der Waals surface area contributed by atoms with Crippen LogP contribution in [0.25, 0.3) is 10.2 Å². The summed E-state index contributed by atoms with van der Waals surface area (Å²) in [7, 11) is -3.68. The number of aromatic amines is 1. The summed E-state index contributed by atoms with van der Waals surface area (Å²) < 4.78 is 27.7. The van der Waals surface area contributed by atoms with E-state index < -0.39 is 10.0 Å². The van der Waals surface area contributed by atoms with Gasteiger partial charge in [0.2, 0.25) is 15.9 Å². The van der Waals surface area contributed by atoms with Crippen molar-refractivity contribution in [3.8, 4) is 0 Å². The lowest BCUT2D eigenvalue weighted by atomic mass is 9.97. The molecule has 0 atom stereocenters. The van der Waals surface area contributed by atoms with Crippen LogP contribution in [0.2, 0.25) is 0 Å². The van der Waals surface area contributed by atoms with Crippen LogP contribution in [0.4, 0.5) is 5.69 Å². The number of sulfonamides is 1. The Morgan fingerprint density at radius 2 is 1.81 bits per heavy atom. The highest BCUT2D eigenvalue weighted by Crippen LogP contribution is 2.34. The van der Waals surface area contributed by atoms with E-state index in [0.29, 0.717) is 16.2 Å². The van der Waals surface area contributed by atoms with Gasteiger partial charge in [-0.15, -0.1) is 11.3 Å². The van der Waals surface area contributed by atoms with Crippen molar-refractivity contribution in [2.45, 2.75) is 42.3 Å². The van der Waals surface area contributed by atoms with E-state index in [4.69, 9.17) is 0 Å². The Hall–Kier alpha value is -2.99. The maximum absolute atomic E-state index is 12.7. The highest BCUT2D eigenvalue weighted by atomic mass is 32.2. The van der Waals surface area contributed by atoms with Crippen LogP contribution in [-0.4, -0.2) is 30.0 Å². The van der Waals surface area contributed by atoms with Gasteiger partial charge in [-0.2, -0.15) is 0 Å². The lowest BCUT2D eigenvalue weighted by Gasteiger charge is -2.09. The summed E-state index contributed by atoms with van der Waals surface area (Å²) in [5.74, 6) is -0.232. The molecule has 3 N–H and O–H groups in total. The predicted octanol–water partition coefficient (Wildman–Crippen LogP) is 4.07. The molecule has 0 saturated carbocycles. The van der Waals surface area contributed by atoms with Gasteiger partial charge in [0.25, 0.3) is 5.56 Å². The topological polar surface area (TPSA) is 121 Å². The van der Waals surface area contributed by atoms with Gasteiger partial charge in [-0.05, 0) is 61.1 Å². The van der Waals surface area contributed by atoms with Crippen molar-refractivity contribution in [2.24, 2.45) is 0 Å². The van der Waals surface area contributed by atoms with Crippen LogP contribution in [0, 0.1) is 0 Å². The molecule has 2 aromatic carbocycles. The standard InChI is InChI=1S/C25H24N4O4S3/c30-21(15-34-25-28-23(31)22-19-8-4-5-9-20(19)35-24(22)29-25)27-17-10-12-18(13-11-17)36(32,33)26-14-16-6-2-1-3-7-16/h1-3,6-7,10-13,26H,4-5,8-9,14-15H2,(H,27,30)(H,28,29,31). The van der Waals surface area contributed by atoms with Crippen LogP contribution in [0.15, 0.2) is 69.4 Å². The molecule has 2 aromatic heterocycles. The van der Waals surface area contributed by atoms with E-state index in [-0.39, 0.29) is 28.7 Å². The van der Waals surface area contributed by atoms with E-state index in [1.165, 1.54) is 17.0 Å². The second kappa shape index (κ2) is 10.6. The van der Waals surface area contributed by atoms with Gasteiger partial charge in [0.05, 0.1) is 16.0 Å². The monoisotopic (exact) mass is 540 g/mol. The number of anilines is 1. The van der Waals surface area contributed by atoms with Crippen molar-refractivity contribution in [2.75, 3.05) is 11.1 Å². The molecule has 0 bridgehead atoms. The molecular formula is C25H24N4O4S3. The molecule has 1 aliphatic carbocycles. The van der Waals surface area contributed by atoms with Crippen LogP contribution in [0.1, 0.15) is 28.8 Å². The molecular weight excluding hydrogens is 517 g/mol. The summed E-state index contributed by atoms with van der Waals surface area (Å²) in [6.07, 6.45) is 4.13. The van der Waals surface area contributed by atoms with Crippen molar-refractivity contribution in [1.29, 1.82) is 0 Å².